The van der Waals surface area contributed by atoms with E-state index in [1.165, 1.54) is 4.90 Å². The number of para-hydroxylation sites is 1. The van der Waals surface area contributed by atoms with Gasteiger partial charge >= 0.3 is 0 Å². The van der Waals surface area contributed by atoms with E-state index in [1.807, 2.05) is 38.1 Å². The maximum atomic E-state index is 12.0. The molecular weight excluding hydrogens is 320 g/mol. The first kappa shape index (κ1) is 16.7. The number of amides is 2. The number of nitrogens with zero attached hydrogens (tertiary/aromatic N) is 1. The Bertz CT molecular complexity index is 477. The Hall–Kier alpha value is -1.36. The molecule has 1 aromatic carbocycles. The maximum Gasteiger partial charge on any atom is 0.244 e. The fourth-order valence-corrected chi connectivity index (χ4v) is 2.36. The van der Waals surface area contributed by atoms with E-state index in [-0.39, 0.29) is 24.3 Å². The Labute approximate surface area is 128 Å². The molecule has 1 N–H and O–H groups in total. The number of rotatable bonds is 6. The molecule has 0 radical (unpaired) electrons. The summed E-state index contributed by atoms with van der Waals surface area (Å²) in [6, 6.07) is 7.39. The molecule has 0 aliphatic carbocycles. The van der Waals surface area contributed by atoms with Gasteiger partial charge in [0, 0.05) is 17.4 Å². The van der Waals surface area contributed by atoms with Gasteiger partial charge in [-0.25, -0.2) is 0 Å². The Morgan fingerprint density at radius 1 is 1.35 bits per heavy atom. The number of likely N-dealkylation sites (N-methyl/N-ethyl adjacent to an activating group) is 1. The molecule has 2 amide bonds. The number of hydrogen-bond acceptors (Lipinski definition) is 2. The van der Waals surface area contributed by atoms with Crippen LogP contribution in [0.4, 0.5) is 5.69 Å². The van der Waals surface area contributed by atoms with Crippen molar-refractivity contribution >= 4 is 33.4 Å². The summed E-state index contributed by atoms with van der Waals surface area (Å²) >= 11 is 3.37. The van der Waals surface area contributed by atoms with Crippen molar-refractivity contribution in [2.45, 2.75) is 26.7 Å². The highest BCUT2D eigenvalue weighted by Crippen LogP contribution is 2.21. The average molecular weight is 341 g/mol. The minimum absolute atomic E-state index is 0.00845. The second-order valence-electron chi connectivity index (χ2n) is 4.91. The topological polar surface area (TPSA) is 49.4 Å². The summed E-state index contributed by atoms with van der Waals surface area (Å²) in [6.07, 6.45) is 1.80. The van der Waals surface area contributed by atoms with E-state index in [1.54, 1.807) is 7.05 Å². The van der Waals surface area contributed by atoms with Crippen LogP contribution in [-0.2, 0) is 9.59 Å². The van der Waals surface area contributed by atoms with Gasteiger partial charge in [0.15, 0.2) is 0 Å². The normalized spacial score (nSPS) is 11.8. The molecule has 0 spiro atoms. The predicted octanol–water partition coefficient (Wildman–Crippen LogP) is 3.28. The molecule has 1 aromatic rings. The number of benzene rings is 1. The third kappa shape index (κ3) is 4.96. The van der Waals surface area contributed by atoms with E-state index in [9.17, 15) is 9.59 Å². The summed E-state index contributed by atoms with van der Waals surface area (Å²) < 4.78 is 0.821. The summed E-state index contributed by atoms with van der Waals surface area (Å²) in [5.74, 6) is -0.230. The van der Waals surface area contributed by atoms with E-state index in [4.69, 9.17) is 0 Å². The van der Waals surface area contributed by atoms with Gasteiger partial charge in [-0.3, -0.25) is 9.59 Å². The molecular formula is C15H21BrN2O2. The largest absolute Gasteiger partial charge is 0.336 e. The van der Waals surface area contributed by atoms with Crippen molar-refractivity contribution in [2.24, 2.45) is 5.92 Å². The van der Waals surface area contributed by atoms with Gasteiger partial charge in [0.05, 0.1) is 12.2 Å². The van der Waals surface area contributed by atoms with E-state index in [2.05, 4.69) is 21.2 Å². The first-order valence-electron chi connectivity index (χ1n) is 6.75. The number of carbonyl (C=O) groups excluding carboxylic acids is 2. The predicted molar refractivity (Wildman–Crippen MR) is 84.5 cm³/mol. The first-order chi connectivity index (χ1) is 9.45. The molecule has 0 fully saturated rings. The van der Waals surface area contributed by atoms with E-state index in [0.717, 1.165) is 17.3 Å². The molecule has 0 aliphatic rings. The summed E-state index contributed by atoms with van der Waals surface area (Å²) in [5.41, 5.74) is 0.708. The molecule has 1 unspecified atom stereocenters. The average Bonchev–Trinajstić information content (AvgIpc) is 2.40. The van der Waals surface area contributed by atoms with Crippen molar-refractivity contribution < 1.29 is 9.59 Å². The second-order valence-corrected chi connectivity index (χ2v) is 5.77. The highest BCUT2D eigenvalue weighted by Gasteiger charge is 2.18. The monoisotopic (exact) mass is 340 g/mol. The fourth-order valence-electron chi connectivity index (χ4n) is 1.98. The summed E-state index contributed by atoms with van der Waals surface area (Å²) in [4.78, 5) is 25.4. The van der Waals surface area contributed by atoms with Gasteiger partial charge in [0.1, 0.15) is 0 Å². The fraction of sp³-hybridized carbons (Fsp3) is 0.467. The molecule has 0 bridgehead atoms. The van der Waals surface area contributed by atoms with Gasteiger partial charge in [0.25, 0.3) is 0 Å². The molecule has 110 valence electrons. The van der Waals surface area contributed by atoms with Gasteiger partial charge in [-0.15, -0.1) is 0 Å². The van der Waals surface area contributed by atoms with Crippen LogP contribution in [0.15, 0.2) is 28.7 Å². The van der Waals surface area contributed by atoms with Crippen molar-refractivity contribution in [3.8, 4) is 0 Å². The first-order valence-corrected chi connectivity index (χ1v) is 7.54. The Morgan fingerprint density at radius 3 is 2.60 bits per heavy atom. The van der Waals surface area contributed by atoms with Crippen LogP contribution in [-0.4, -0.2) is 30.3 Å². The van der Waals surface area contributed by atoms with Crippen LogP contribution >= 0.6 is 15.9 Å². The van der Waals surface area contributed by atoms with Crippen molar-refractivity contribution in [2.75, 3.05) is 18.9 Å². The van der Waals surface area contributed by atoms with Crippen LogP contribution in [0.25, 0.3) is 0 Å². The number of halogens is 1. The molecule has 1 rings (SSSR count). The Kier molecular flexibility index (Phi) is 6.71. The highest BCUT2D eigenvalue weighted by atomic mass is 79.9. The van der Waals surface area contributed by atoms with Crippen LogP contribution in [0.5, 0.6) is 0 Å². The lowest BCUT2D eigenvalue weighted by Crippen LogP contribution is -2.37. The van der Waals surface area contributed by atoms with Crippen LogP contribution in [0.2, 0.25) is 0 Å². The van der Waals surface area contributed by atoms with Crippen LogP contribution < -0.4 is 5.32 Å². The van der Waals surface area contributed by atoms with Gasteiger partial charge in [-0.2, -0.15) is 0 Å². The van der Waals surface area contributed by atoms with Crippen LogP contribution in [0, 0.1) is 5.92 Å². The van der Waals surface area contributed by atoms with Gasteiger partial charge < -0.3 is 10.2 Å². The third-order valence-electron chi connectivity index (χ3n) is 3.05. The Morgan fingerprint density at radius 2 is 2.00 bits per heavy atom. The molecule has 0 saturated heterocycles. The smallest absolute Gasteiger partial charge is 0.244 e. The van der Waals surface area contributed by atoms with Crippen molar-refractivity contribution in [1.82, 2.24) is 4.90 Å². The Balaban J connectivity index is 2.54. The zero-order valence-electron chi connectivity index (χ0n) is 12.1. The van der Waals surface area contributed by atoms with Crippen LogP contribution in [0.3, 0.4) is 0 Å². The van der Waals surface area contributed by atoms with Crippen molar-refractivity contribution in [1.29, 1.82) is 0 Å². The standard InChI is InChI=1S/C15H21BrN2O2/c1-4-7-11(2)15(20)18(3)10-14(19)17-13-9-6-5-8-12(13)16/h5-6,8-9,11H,4,7,10H2,1-3H3,(H,17,19). The van der Waals surface area contributed by atoms with Gasteiger partial charge in [-0.1, -0.05) is 32.4 Å². The molecule has 4 nitrogen and oxygen atoms in total. The van der Waals surface area contributed by atoms with Crippen molar-refractivity contribution in [3.05, 3.63) is 28.7 Å². The third-order valence-corrected chi connectivity index (χ3v) is 3.74. The summed E-state index contributed by atoms with van der Waals surface area (Å²) in [7, 11) is 1.66. The van der Waals surface area contributed by atoms with Gasteiger partial charge in [-0.05, 0) is 34.5 Å². The molecule has 0 aliphatic heterocycles. The van der Waals surface area contributed by atoms with E-state index < -0.39 is 0 Å². The molecule has 0 heterocycles. The summed E-state index contributed by atoms with van der Waals surface area (Å²) in [6.45, 7) is 4.01. The van der Waals surface area contributed by atoms with Crippen LogP contribution in [0.1, 0.15) is 26.7 Å². The molecule has 0 saturated carbocycles. The molecule has 5 heteroatoms. The second kappa shape index (κ2) is 8.04. The highest BCUT2D eigenvalue weighted by molar-refractivity contribution is 9.10. The zero-order chi connectivity index (χ0) is 15.1. The SMILES string of the molecule is CCCC(C)C(=O)N(C)CC(=O)Nc1ccccc1Br. The number of anilines is 1. The number of carbonyl (C=O) groups is 2. The lowest BCUT2D eigenvalue weighted by molar-refractivity contribution is -0.136. The number of nitrogens with one attached hydrogen (secondary N) is 1. The van der Waals surface area contributed by atoms with Gasteiger partial charge in [0.2, 0.25) is 11.8 Å². The quantitative estimate of drug-likeness (QED) is 0.863. The summed E-state index contributed by atoms with van der Waals surface area (Å²) in [5, 5.41) is 2.79. The lowest BCUT2D eigenvalue weighted by Gasteiger charge is -2.20. The van der Waals surface area contributed by atoms with E-state index >= 15 is 0 Å². The minimum Gasteiger partial charge on any atom is -0.336 e. The van der Waals surface area contributed by atoms with E-state index in [0.29, 0.717) is 5.69 Å². The molecule has 1 atom stereocenters. The van der Waals surface area contributed by atoms with Crippen molar-refractivity contribution in [3.63, 3.8) is 0 Å². The number of hydrogen-bond donors (Lipinski definition) is 1. The molecule has 20 heavy (non-hydrogen) atoms. The minimum atomic E-state index is -0.198. The maximum absolute atomic E-state index is 12.0. The lowest BCUT2D eigenvalue weighted by atomic mass is 10.1. The molecule has 0 aromatic heterocycles. The zero-order valence-corrected chi connectivity index (χ0v) is 13.7.